The molecule has 0 fully saturated rings. The number of fused-ring (bicyclic) bond motifs is 1. The molecule has 0 aliphatic carbocycles. The van der Waals surface area contributed by atoms with E-state index in [0.717, 1.165) is 35.6 Å². The highest BCUT2D eigenvalue weighted by Crippen LogP contribution is 2.22. The third-order valence-corrected chi connectivity index (χ3v) is 3.13. The Labute approximate surface area is 116 Å². The molecule has 0 saturated heterocycles. The SMILES string of the molecule is Cc1noc2ncnc(NCCc3ccc(N)cc3)c12. The van der Waals surface area contributed by atoms with Crippen LogP contribution >= 0.6 is 0 Å². The van der Waals surface area contributed by atoms with E-state index in [1.807, 2.05) is 31.2 Å². The smallest absolute Gasteiger partial charge is 0.263 e. The fraction of sp³-hybridized carbons (Fsp3) is 0.214. The molecule has 3 aromatic rings. The van der Waals surface area contributed by atoms with Gasteiger partial charge in [-0.05, 0) is 31.0 Å². The first kappa shape index (κ1) is 12.4. The van der Waals surface area contributed by atoms with Crippen molar-refractivity contribution in [1.29, 1.82) is 0 Å². The predicted molar refractivity (Wildman–Crippen MR) is 77.4 cm³/mol. The number of hydrogen-bond acceptors (Lipinski definition) is 6. The summed E-state index contributed by atoms with van der Waals surface area (Å²) in [4.78, 5) is 8.29. The van der Waals surface area contributed by atoms with E-state index in [1.54, 1.807) is 0 Å². The van der Waals surface area contributed by atoms with E-state index in [1.165, 1.54) is 11.9 Å². The summed E-state index contributed by atoms with van der Waals surface area (Å²) in [6.45, 7) is 2.64. The molecule has 0 bridgehead atoms. The molecule has 102 valence electrons. The van der Waals surface area contributed by atoms with Crippen LogP contribution in [0.3, 0.4) is 0 Å². The Bertz CT molecular complexity index is 720. The number of aromatic nitrogens is 3. The normalized spacial score (nSPS) is 10.8. The predicted octanol–water partition coefficient (Wildman–Crippen LogP) is 2.16. The lowest BCUT2D eigenvalue weighted by Crippen LogP contribution is -2.07. The molecule has 3 N–H and O–H groups in total. The quantitative estimate of drug-likeness (QED) is 0.705. The standard InChI is InChI=1S/C14H15N5O/c1-9-12-13(17-8-18-14(12)20-19-9)16-7-6-10-2-4-11(15)5-3-10/h2-5,8H,6-7,15H2,1H3,(H,16,17,18). The van der Waals surface area contributed by atoms with Gasteiger partial charge in [-0.3, -0.25) is 0 Å². The minimum absolute atomic E-state index is 0.507. The van der Waals surface area contributed by atoms with Gasteiger partial charge < -0.3 is 15.6 Å². The van der Waals surface area contributed by atoms with Crippen LogP contribution in [0.2, 0.25) is 0 Å². The number of benzene rings is 1. The zero-order valence-electron chi connectivity index (χ0n) is 11.1. The van der Waals surface area contributed by atoms with E-state index >= 15 is 0 Å². The topological polar surface area (TPSA) is 89.9 Å². The number of nitrogen functional groups attached to an aromatic ring is 1. The van der Waals surface area contributed by atoms with Crippen LogP contribution in [0.25, 0.3) is 11.1 Å². The molecule has 0 saturated carbocycles. The molecule has 0 unspecified atom stereocenters. The highest BCUT2D eigenvalue weighted by Gasteiger charge is 2.11. The summed E-state index contributed by atoms with van der Waals surface area (Å²) in [5.41, 5.74) is 8.96. The van der Waals surface area contributed by atoms with Crippen molar-refractivity contribution in [3.8, 4) is 0 Å². The molecule has 0 radical (unpaired) electrons. The van der Waals surface area contributed by atoms with E-state index in [4.69, 9.17) is 10.3 Å². The first-order chi connectivity index (χ1) is 9.74. The fourth-order valence-electron chi connectivity index (χ4n) is 2.07. The second-order valence-corrected chi connectivity index (χ2v) is 4.59. The van der Waals surface area contributed by atoms with Crippen molar-refractivity contribution in [1.82, 2.24) is 15.1 Å². The van der Waals surface area contributed by atoms with Gasteiger partial charge in [0.25, 0.3) is 5.71 Å². The molecule has 20 heavy (non-hydrogen) atoms. The first-order valence-electron chi connectivity index (χ1n) is 6.39. The second kappa shape index (κ2) is 5.16. The maximum absolute atomic E-state index is 5.66. The Morgan fingerprint density at radius 1 is 1.20 bits per heavy atom. The van der Waals surface area contributed by atoms with E-state index in [-0.39, 0.29) is 0 Å². The lowest BCUT2D eigenvalue weighted by Gasteiger charge is -2.06. The van der Waals surface area contributed by atoms with Crippen molar-refractivity contribution in [3.05, 3.63) is 41.9 Å². The van der Waals surface area contributed by atoms with Gasteiger partial charge in [0.15, 0.2) is 0 Å². The van der Waals surface area contributed by atoms with Crippen molar-refractivity contribution in [2.24, 2.45) is 0 Å². The Balaban J connectivity index is 1.71. The molecule has 2 heterocycles. The molecule has 6 nitrogen and oxygen atoms in total. The zero-order chi connectivity index (χ0) is 13.9. The minimum Gasteiger partial charge on any atom is -0.399 e. The highest BCUT2D eigenvalue weighted by atomic mass is 16.5. The Kier molecular flexibility index (Phi) is 3.20. The molecule has 6 heteroatoms. The summed E-state index contributed by atoms with van der Waals surface area (Å²) in [7, 11) is 0. The van der Waals surface area contributed by atoms with Crippen LogP contribution in [0.1, 0.15) is 11.3 Å². The van der Waals surface area contributed by atoms with Crippen LogP contribution < -0.4 is 11.1 Å². The first-order valence-corrected chi connectivity index (χ1v) is 6.39. The second-order valence-electron chi connectivity index (χ2n) is 4.59. The van der Waals surface area contributed by atoms with Gasteiger partial charge in [-0.15, -0.1) is 0 Å². The average molecular weight is 269 g/mol. The Hall–Kier alpha value is -2.63. The number of anilines is 2. The fourth-order valence-corrected chi connectivity index (χ4v) is 2.07. The molecule has 2 aromatic heterocycles. The third kappa shape index (κ3) is 2.40. The minimum atomic E-state index is 0.507. The molecular weight excluding hydrogens is 254 g/mol. The summed E-state index contributed by atoms with van der Waals surface area (Å²) >= 11 is 0. The molecule has 0 atom stereocenters. The molecule has 0 aliphatic rings. The van der Waals surface area contributed by atoms with E-state index in [9.17, 15) is 0 Å². The van der Waals surface area contributed by atoms with Crippen LogP contribution in [0.15, 0.2) is 35.1 Å². The monoisotopic (exact) mass is 269 g/mol. The van der Waals surface area contributed by atoms with Gasteiger partial charge in [0.2, 0.25) is 0 Å². The van der Waals surface area contributed by atoms with Gasteiger partial charge in [-0.2, -0.15) is 4.98 Å². The van der Waals surface area contributed by atoms with Crippen molar-refractivity contribution in [2.75, 3.05) is 17.6 Å². The summed E-state index contributed by atoms with van der Waals surface area (Å²) in [6, 6.07) is 7.86. The van der Waals surface area contributed by atoms with Gasteiger partial charge in [0.05, 0.1) is 5.69 Å². The molecule has 1 aromatic carbocycles. The maximum atomic E-state index is 5.66. The number of hydrogen-bond donors (Lipinski definition) is 2. The highest BCUT2D eigenvalue weighted by molar-refractivity contribution is 5.87. The summed E-state index contributed by atoms with van der Waals surface area (Å²) < 4.78 is 5.11. The number of rotatable bonds is 4. The molecule has 0 amide bonds. The van der Waals surface area contributed by atoms with Crippen LogP contribution in [-0.4, -0.2) is 21.7 Å². The number of nitrogens with two attached hydrogens (primary N) is 1. The van der Waals surface area contributed by atoms with Crippen molar-refractivity contribution in [3.63, 3.8) is 0 Å². The van der Waals surface area contributed by atoms with Gasteiger partial charge >= 0.3 is 0 Å². The number of nitrogens with zero attached hydrogens (tertiary/aromatic N) is 3. The largest absolute Gasteiger partial charge is 0.399 e. The third-order valence-electron chi connectivity index (χ3n) is 3.13. The number of aryl methyl sites for hydroxylation is 1. The van der Waals surface area contributed by atoms with Gasteiger partial charge in [0.1, 0.15) is 17.5 Å². The van der Waals surface area contributed by atoms with E-state index < -0.39 is 0 Å². The van der Waals surface area contributed by atoms with Crippen molar-refractivity contribution >= 4 is 22.6 Å². The van der Waals surface area contributed by atoms with Crippen LogP contribution in [-0.2, 0) is 6.42 Å². The van der Waals surface area contributed by atoms with Crippen molar-refractivity contribution in [2.45, 2.75) is 13.3 Å². The van der Waals surface area contributed by atoms with Crippen molar-refractivity contribution < 1.29 is 4.52 Å². The van der Waals surface area contributed by atoms with Gasteiger partial charge in [-0.1, -0.05) is 17.3 Å². The van der Waals surface area contributed by atoms with Gasteiger partial charge in [-0.25, -0.2) is 4.98 Å². The lowest BCUT2D eigenvalue weighted by molar-refractivity contribution is 0.442. The summed E-state index contributed by atoms with van der Waals surface area (Å²) in [5.74, 6) is 0.754. The Morgan fingerprint density at radius 3 is 2.80 bits per heavy atom. The lowest BCUT2D eigenvalue weighted by atomic mass is 10.1. The average Bonchev–Trinajstić information content (AvgIpc) is 2.84. The van der Waals surface area contributed by atoms with E-state index in [0.29, 0.717) is 5.71 Å². The van der Waals surface area contributed by atoms with Gasteiger partial charge in [0, 0.05) is 12.2 Å². The number of nitrogens with one attached hydrogen (secondary N) is 1. The molecule has 0 aliphatic heterocycles. The zero-order valence-corrected chi connectivity index (χ0v) is 11.1. The molecular formula is C14H15N5O. The van der Waals surface area contributed by atoms with Crippen LogP contribution in [0, 0.1) is 6.92 Å². The Morgan fingerprint density at radius 2 is 2.00 bits per heavy atom. The van der Waals surface area contributed by atoms with E-state index in [2.05, 4.69) is 20.4 Å². The van der Waals surface area contributed by atoms with Crippen LogP contribution in [0.5, 0.6) is 0 Å². The maximum Gasteiger partial charge on any atom is 0.263 e. The summed E-state index contributed by atoms with van der Waals surface area (Å²) in [5, 5.41) is 8.03. The molecule has 3 rings (SSSR count). The summed E-state index contributed by atoms with van der Waals surface area (Å²) in [6.07, 6.45) is 2.36. The molecule has 0 spiro atoms. The van der Waals surface area contributed by atoms with Crippen LogP contribution in [0.4, 0.5) is 11.5 Å².